The second-order valence-electron chi connectivity index (χ2n) is 4.57. The van der Waals surface area contributed by atoms with E-state index in [2.05, 4.69) is 59.1 Å². The minimum Gasteiger partial charge on any atom is -0.310 e. The molecule has 0 saturated carbocycles. The first kappa shape index (κ1) is 16.1. The van der Waals surface area contributed by atoms with Crippen molar-refractivity contribution < 1.29 is 0 Å². The largest absolute Gasteiger partial charge is 0.310 e. The van der Waals surface area contributed by atoms with Crippen molar-refractivity contribution >= 4 is 45.8 Å². The van der Waals surface area contributed by atoms with E-state index in [0.29, 0.717) is 0 Å². The SMILES string of the molecule is CCNC(Cc1c(Cl)cccc1Cl)c1cccc(I)c1. The molecule has 1 N–H and O–H groups in total. The van der Waals surface area contributed by atoms with Gasteiger partial charge in [-0.2, -0.15) is 0 Å². The maximum absolute atomic E-state index is 6.28. The Morgan fingerprint density at radius 2 is 1.75 bits per heavy atom. The summed E-state index contributed by atoms with van der Waals surface area (Å²) in [5.74, 6) is 0. The van der Waals surface area contributed by atoms with Crippen LogP contribution in [0.5, 0.6) is 0 Å². The molecule has 4 heteroatoms. The van der Waals surface area contributed by atoms with Crippen LogP contribution < -0.4 is 5.32 Å². The van der Waals surface area contributed by atoms with Gasteiger partial charge in [-0.05, 0) is 70.9 Å². The average Bonchev–Trinajstić information content (AvgIpc) is 2.42. The first-order chi connectivity index (χ1) is 9.61. The van der Waals surface area contributed by atoms with Crippen molar-refractivity contribution in [1.82, 2.24) is 5.32 Å². The highest BCUT2D eigenvalue weighted by molar-refractivity contribution is 14.1. The average molecular weight is 420 g/mol. The Kier molecular flexibility index (Phi) is 6.15. The van der Waals surface area contributed by atoms with Crippen LogP contribution in [0.2, 0.25) is 10.0 Å². The fourth-order valence-electron chi connectivity index (χ4n) is 2.21. The number of halogens is 3. The number of nitrogens with one attached hydrogen (secondary N) is 1. The zero-order valence-corrected chi connectivity index (χ0v) is 14.8. The molecule has 0 aliphatic rings. The zero-order chi connectivity index (χ0) is 14.5. The maximum Gasteiger partial charge on any atom is 0.0453 e. The Bertz CT molecular complexity index is 566. The third kappa shape index (κ3) is 4.10. The standard InChI is InChI=1S/C16H16Cl2IN/c1-2-20-16(11-5-3-6-12(19)9-11)10-13-14(17)7-4-8-15(13)18/h3-9,16,20H,2,10H2,1H3. The summed E-state index contributed by atoms with van der Waals surface area (Å²) >= 11 is 14.9. The first-order valence-electron chi connectivity index (χ1n) is 6.53. The Labute approximate surface area is 143 Å². The van der Waals surface area contributed by atoms with Crippen LogP contribution in [0.25, 0.3) is 0 Å². The summed E-state index contributed by atoms with van der Waals surface area (Å²) in [5.41, 5.74) is 2.26. The smallest absolute Gasteiger partial charge is 0.0453 e. The number of benzene rings is 2. The van der Waals surface area contributed by atoms with Crippen LogP contribution in [0, 0.1) is 3.57 Å². The van der Waals surface area contributed by atoms with E-state index < -0.39 is 0 Å². The molecule has 2 aromatic carbocycles. The quantitative estimate of drug-likeness (QED) is 0.631. The van der Waals surface area contributed by atoms with Gasteiger partial charge in [-0.3, -0.25) is 0 Å². The van der Waals surface area contributed by atoms with Gasteiger partial charge in [0, 0.05) is 19.7 Å². The van der Waals surface area contributed by atoms with Gasteiger partial charge in [-0.25, -0.2) is 0 Å². The molecule has 0 fully saturated rings. The molecule has 2 rings (SSSR count). The normalized spacial score (nSPS) is 12.4. The second-order valence-corrected chi connectivity index (χ2v) is 6.63. The van der Waals surface area contributed by atoms with Crippen molar-refractivity contribution in [3.8, 4) is 0 Å². The van der Waals surface area contributed by atoms with Gasteiger partial charge >= 0.3 is 0 Å². The van der Waals surface area contributed by atoms with E-state index in [0.717, 1.165) is 28.6 Å². The van der Waals surface area contributed by atoms with Crippen LogP contribution in [-0.4, -0.2) is 6.54 Å². The second kappa shape index (κ2) is 7.64. The van der Waals surface area contributed by atoms with Gasteiger partial charge < -0.3 is 5.32 Å². The lowest BCUT2D eigenvalue weighted by molar-refractivity contribution is 0.550. The fraction of sp³-hybridized carbons (Fsp3) is 0.250. The lowest BCUT2D eigenvalue weighted by atomic mass is 9.98. The Balaban J connectivity index is 2.30. The molecule has 0 aliphatic carbocycles. The minimum atomic E-state index is 0.215. The summed E-state index contributed by atoms with van der Waals surface area (Å²) in [6, 6.07) is 14.4. The van der Waals surface area contributed by atoms with Gasteiger partial charge in [0.25, 0.3) is 0 Å². The van der Waals surface area contributed by atoms with Gasteiger partial charge in [0.2, 0.25) is 0 Å². The molecule has 1 unspecified atom stereocenters. The molecular formula is C16H16Cl2IN. The van der Waals surface area contributed by atoms with E-state index in [1.807, 2.05) is 18.2 Å². The van der Waals surface area contributed by atoms with E-state index in [4.69, 9.17) is 23.2 Å². The van der Waals surface area contributed by atoms with Crippen molar-refractivity contribution in [2.45, 2.75) is 19.4 Å². The van der Waals surface area contributed by atoms with E-state index >= 15 is 0 Å². The van der Waals surface area contributed by atoms with Crippen LogP contribution in [-0.2, 0) is 6.42 Å². The summed E-state index contributed by atoms with van der Waals surface area (Å²) in [5, 5.41) is 4.96. The molecule has 1 nitrogen and oxygen atoms in total. The molecule has 0 amide bonds. The fourth-order valence-corrected chi connectivity index (χ4v) is 3.33. The summed E-state index contributed by atoms with van der Waals surface area (Å²) in [6.45, 7) is 3.01. The van der Waals surface area contributed by atoms with Crippen molar-refractivity contribution in [2.75, 3.05) is 6.54 Å². The maximum atomic E-state index is 6.28. The van der Waals surface area contributed by atoms with Gasteiger partial charge in [-0.1, -0.05) is 48.3 Å². The molecular weight excluding hydrogens is 404 g/mol. The molecule has 0 aliphatic heterocycles. The summed E-state index contributed by atoms with van der Waals surface area (Å²) in [6.07, 6.45) is 0.784. The highest BCUT2D eigenvalue weighted by Gasteiger charge is 2.15. The predicted molar refractivity (Wildman–Crippen MR) is 95.7 cm³/mol. The first-order valence-corrected chi connectivity index (χ1v) is 8.37. The zero-order valence-electron chi connectivity index (χ0n) is 11.2. The van der Waals surface area contributed by atoms with Crippen LogP contribution >= 0.6 is 45.8 Å². The lowest BCUT2D eigenvalue weighted by Gasteiger charge is -2.20. The van der Waals surface area contributed by atoms with Crippen molar-refractivity contribution in [3.63, 3.8) is 0 Å². The van der Waals surface area contributed by atoms with Crippen LogP contribution in [0.3, 0.4) is 0 Å². The van der Waals surface area contributed by atoms with E-state index in [1.165, 1.54) is 9.13 Å². The molecule has 0 radical (unpaired) electrons. The third-order valence-corrected chi connectivity index (χ3v) is 4.55. The van der Waals surface area contributed by atoms with Crippen LogP contribution in [0.15, 0.2) is 42.5 Å². The number of rotatable bonds is 5. The van der Waals surface area contributed by atoms with Crippen molar-refractivity contribution in [1.29, 1.82) is 0 Å². The molecule has 0 saturated heterocycles. The monoisotopic (exact) mass is 419 g/mol. The lowest BCUT2D eigenvalue weighted by Crippen LogP contribution is -2.23. The van der Waals surface area contributed by atoms with Crippen molar-refractivity contribution in [2.24, 2.45) is 0 Å². The molecule has 2 aromatic rings. The van der Waals surface area contributed by atoms with Gasteiger partial charge in [0.15, 0.2) is 0 Å². The van der Waals surface area contributed by atoms with E-state index in [9.17, 15) is 0 Å². The summed E-state index contributed by atoms with van der Waals surface area (Å²) in [7, 11) is 0. The van der Waals surface area contributed by atoms with Gasteiger partial charge in [0.05, 0.1) is 0 Å². The Morgan fingerprint density at radius 1 is 1.10 bits per heavy atom. The van der Waals surface area contributed by atoms with Crippen LogP contribution in [0.4, 0.5) is 0 Å². The molecule has 0 bridgehead atoms. The highest BCUT2D eigenvalue weighted by Crippen LogP contribution is 2.29. The van der Waals surface area contributed by atoms with Crippen LogP contribution in [0.1, 0.15) is 24.1 Å². The van der Waals surface area contributed by atoms with E-state index in [-0.39, 0.29) is 6.04 Å². The molecule has 0 heterocycles. The molecule has 106 valence electrons. The van der Waals surface area contributed by atoms with Crippen molar-refractivity contribution in [3.05, 3.63) is 67.2 Å². The molecule has 0 spiro atoms. The number of hydrogen-bond acceptors (Lipinski definition) is 1. The van der Waals surface area contributed by atoms with Gasteiger partial charge in [0.1, 0.15) is 0 Å². The topological polar surface area (TPSA) is 12.0 Å². The highest BCUT2D eigenvalue weighted by atomic mass is 127. The molecule has 20 heavy (non-hydrogen) atoms. The Hall–Kier alpha value is -0.290. The third-order valence-electron chi connectivity index (χ3n) is 3.17. The van der Waals surface area contributed by atoms with Gasteiger partial charge in [-0.15, -0.1) is 0 Å². The number of likely N-dealkylation sites (N-methyl/N-ethyl adjacent to an activating group) is 1. The Morgan fingerprint density at radius 3 is 2.35 bits per heavy atom. The minimum absolute atomic E-state index is 0.215. The molecule has 0 aromatic heterocycles. The predicted octanol–water partition coefficient (Wildman–Crippen LogP) is 5.49. The molecule has 1 atom stereocenters. The van der Waals surface area contributed by atoms with E-state index in [1.54, 1.807) is 0 Å². The summed E-state index contributed by atoms with van der Waals surface area (Å²) in [4.78, 5) is 0. The number of hydrogen-bond donors (Lipinski definition) is 1. The summed E-state index contributed by atoms with van der Waals surface area (Å²) < 4.78 is 1.23.